The van der Waals surface area contributed by atoms with Crippen molar-refractivity contribution in [1.82, 2.24) is 9.13 Å². The number of rotatable bonds is 5. The first kappa shape index (κ1) is 32.6. The second-order valence-electron chi connectivity index (χ2n) is 15.3. The van der Waals surface area contributed by atoms with Crippen LogP contribution >= 0.6 is 0 Å². The Balaban J connectivity index is 1.05. The maximum atomic E-state index is 2.45. The van der Waals surface area contributed by atoms with Crippen molar-refractivity contribution in [3.8, 4) is 44.8 Å². The van der Waals surface area contributed by atoms with Crippen LogP contribution in [0, 0.1) is 0 Å². The Hall–Kier alpha value is -7.68. The third-order valence-electron chi connectivity index (χ3n) is 12.1. The third kappa shape index (κ3) is 5.05. The van der Waals surface area contributed by atoms with Gasteiger partial charge in [0.1, 0.15) is 0 Å². The summed E-state index contributed by atoms with van der Waals surface area (Å²) in [5.74, 6) is 0. The molecule has 58 heavy (non-hydrogen) atoms. The number of benzene rings is 10. The fourth-order valence-corrected chi connectivity index (χ4v) is 9.32. The maximum absolute atomic E-state index is 2.45. The van der Waals surface area contributed by atoms with Gasteiger partial charge in [-0.15, -0.1) is 0 Å². The Kier molecular flexibility index (Phi) is 7.26. The molecule has 12 aromatic rings. The molecular weight excluding hydrogens is 701 g/mol. The highest BCUT2D eigenvalue weighted by Crippen LogP contribution is 2.42. The van der Waals surface area contributed by atoms with E-state index in [4.69, 9.17) is 0 Å². The van der Waals surface area contributed by atoms with Crippen LogP contribution in [0.3, 0.4) is 0 Å². The van der Waals surface area contributed by atoms with Crippen LogP contribution < -0.4 is 0 Å². The lowest BCUT2D eigenvalue weighted by Crippen LogP contribution is -1.95. The normalized spacial score (nSPS) is 11.8. The standard InChI is InChI=1S/C56H36N2/c1-3-11-37(12-4-1)39-19-27-45(28-20-39)57-53-33-25-43(35-51(53)49-31-23-41-15-7-9-17-47(41)55(49)57)44-26-34-54-52(36-44)50-32-24-42-16-8-10-18-48(42)56(50)58(54)46-29-21-40(22-30-46)38-13-5-2-6-14-38/h1-36H. The lowest BCUT2D eigenvalue weighted by atomic mass is 9.99. The Morgan fingerprint density at radius 3 is 1.02 bits per heavy atom. The fraction of sp³-hybridized carbons (Fsp3) is 0. The van der Waals surface area contributed by atoms with Crippen LogP contribution in [0.15, 0.2) is 218 Å². The first-order valence-corrected chi connectivity index (χ1v) is 20.0. The van der Waals surface area contributed by atoms with E-state index in [1.807, 2.05) is 0 Å². The molecule has 12 rings (SSSR count). The van der Waals surface area contributed by atoms with E-state index >= 15 is 0 Å². The molecule has 0 unspecified atom stereocenters. The minimum absolute atomic E-state index is 1.15. The number of aromatic nitrogens is 2. The number of hydrogen-bond donors (Lipinski definition) is 0. The van der Waals surface area contributed by atoms with E-state index in [2.05, 4.69) is 228 Å². The van der Waals surface area contributed by atoms with Gasteiger partial charge >= 0.3 is 0 Å². The Morgan fingerprint density at radius 2 is 0.586 bits per heavy atom. The average Bonchev–Trinajstić information content (AvgIpc) is 3.82. The van der Waals surface area contributed by atoms with Gasteiger partial charge < -0.3 is 9.13 Å². The van der Waals surface area contributed by atoms with E-state index in [0.717, 1.165) is 11.4 Å². The summed E-state index contributed by atoms with van der Waals surface area (Å²) in [4.78, 5) is 0. The van der Waals surface area contributed by atoms with E-state index in [9.17, 15) is 0 Å². The van der Waals surface area contributed by atoms with Gasteiger partial charge in [-0.1, -0.05) is 170 Å². The molecule has 0 aliphatic heterocycles. The molecule has 0 aliphatic rings. The Morgan fingerprint density at radius 1 is 0.224 bits per heavy atom. The van der Waals surface area contributed by atoms with Crippen LogP contribution in [0.1, 0.15) is 0 Å². The van der Waals surface area contributed by atoms with Crippen LogP contribution in [0.4, 0.5) is 0 Å². The van der Waals surface area contributed by atoms with Crippen molar-refractivity contribution < 1.29 is 0 Å². The number of fused-ring (bicyclic) bond motifs is 10. The van der Waals surface area contributed by atoms with Crippen molar-refractivity contribution in [1.29, 1.82) is 0 Å². The molecule has 0 N–H and O–H groups in total. The highest BCUT2D eigenvalue weighted by atomic mass is 15.0. The van der Waals surface area contributed by atoms with Gasteiger partial charge in [-0.2, -0.15) is 0 Å². The van der Waals surface area contributed by atoms with E-state index < -0.39 is 0 Å². The summed E-state index contributed by atoms with van der Waals surface area (Å²) in [5, 5.41) is 9.99. The van der Waals surface area contributed by atoms with Gasteiger partial charge in [0.2, 0.25) is 0 Å². The van der Waals surface area contributed by atoms with Gasteiger partial charge in [0.15, 0.2) is 0 Å². The maximum Gasteiger partial charge on any atom is 0.0619 e. The molecule has 270 valence electrons. The molecule has 2 aromatic heterocycles. The van der Waals surface area contributed by atoms with Crippen LogP contribution in [-0.2, 0) is 0 Å². The van der Waals surface area contributed by atoms with Gasteiger partial charge in [0.05, 0.1) is 22.1 Å². The molecule has 2 heterocycles. The summed E-state index contributed by atoms with van der Waals surface area (Å²) in [5.41, 5.74) is 14.5. The molecule has 0 spiro atoms. The third-order valence-corrected chi connectivity index (χ3v) is 12.1. The zero-order chi connectivity index (χ0) is 38.2. The molecule has 0 saturated carbocycles. The van der Waals surface area contributed by atoms with Crippen molar-refractivity contribution in [2.24, 2.45) is 0 Å². The van der Waals surface area contributed by atoms with Crippen LogP contribution in [0.2, 0.25) is 0 Å². The minimum Gasteiger partial charge on any atom is -0.309 e. The summed E-state index contributed by atoms with van der Waals surface area (Å²) >= 11 is 0. The Bertz CT molecular complexity index is 3280. The van der Waals surface area contributed by atoms with Gasteiger partial charge in [-0.05, 0) is 92.7 Å². The number of nitrogens with zero attached hydrogens (tertiary/aromatic N) is 2. The van der Waals surface area contributed by atoms with Gasteiger partial charge in [0, 0.05) is 43.7 Å². The molecule has 0 atom stereocenters. The molecule has 0 fully saturated rings. The summed E-state index contributed by atoms with van der Waals surface area (Å²) in [6.45, 7) is 0. The predicted octanol–water partition coefficient (Wildman–Crippen LogP) is 15.2. The zero-order valence-corrected chi connectivity index (χ0v) is 31.7. The first-order chi connectivity index (χ1) is 28.8. The molecule has 0 saturated heterocycles. The lowest BCUT2D eigenvalue weighted by molar-refractivity contribution is 1.19. The van der Waals surface area contributed by atoms with Crippen molar-refractivity contribution >= 4 is 65.2 Å². The molecule has 0 bridgehead atoms. The molecule has 0 aliphatic carbocycles. The Labute approximate surface area is 336 Å². The second kappa shape index (κ2) is 12.9. The van der Waals surface area contributed by atoms with Crippen molar-refractivity contribution in [3.63, 3.8) is 0 Å². The zero-order valence-electron chi connectivity index (χ0n) is 31.7. The van der Waals surface area contributed by atoms with Crippen LogP contribution in [0.5, 0.6) is 0 Å². The first-order valence-electron chi connectivity index (χ1n) is 20.0. The fourth-order valence-electron chi connectivity index (χ4n) is 9.32. The molecule has 10 aromatic carbocycles. The molecule has 0 amide bonds. The largest absolute Gasteiger partial charge is 0.309 e. The smallest absolute Gasteiger partial charge is 0.0619 e. The van der Waals surface area contributed by atoms with Crippen molar-refractivity contribution in [3.05, 3.63) is 218 Å². The van der Waals surface area contributed by atoms with Crippen molar-refractivity contribution in [2.45, 2.75) is 0 Å². The SMILES string of the molecule is c1ccc(-c2ccc(-n3c4ccc(-c5ccc6c(c5)c5ccc7ccccc7c5n6-c5ccc(-c6ccccc6)cc5)cc4c4ccc5ccccc5c43)cc2)cc1. The van der Waals surface area contributed by atoms with E-state index in [1.165, 1.54) is 98.5 Å². The molecular formula is C56H36N2. The second-order valence-corrected chi connectivity index (χ2v) is 15.3. The van der Waals surface area contributed by atoms with E-state index in [-0.39, 0.29) is 0 Å². The molecule has 0 radical (unpaired) electrons. The predicted molar refractivity (Wildman–Crippen MR) is 246 cm³/mol. The van der Waals surface area contributed by atoms with Gasteiger partial charge in [0.25, 0.3) is 0 Å². The summed E-state index contributed by atoms with van der Waals surface area (Å²) < 4.78 is 4.91. The van der Waals surface area contributed by atoms with Crippen LogP contribution in [0.25, 0.3) is 110 Å². The lowest BCUT2D eigenvalue weighted by Gasteiger charge is -2.12. The average molecular weight is 737 g/mol. The van der Waals surface area contributed by atoms with Crippen LogP contribution in [-0.4, -0.2) is 9.13 Å². The van der Waals surface area contributed by atoms with E-state index in [0.29, 0.717) is 0 Å². The number of hydrogen-bond acceptors (Lipinski definition) is 0. The topological polar surface area (TPSA) is 9.86 Å². The highest BCUT2D eigenvalue weighted by Gasteiger charge is 2.19. The molecule has 2 nitrogen and oxygen atoms in total. The van der Waals surface area contributed by atoms with Crippen molar-refractivity contribution in [2.75, 3.05) is 0 Å². The highest BCUT2D eigenvalue weighted by molar-refractivity contribution is 6.21. The quantitative estimate of drug-likeness (QED) is 0.167. The summed E-state index contributed by atoms with van der Waals surface area (Å²) in [6, 6.07) is 80.0. The van der Waals surface area contributed by atoms with E-state index in [1.54, 1.807) is 0 Å². The van der Waals surface area contributed by atoms with Gasteiger partial charge in [-0.25, -0.2) is 0 Å². The molecule has 2 heteroatoms. The summed E-state index contributed by atoms with van der Waals surface area (Å²) in [6.07, 6.45) is 0. The van der Waals surface area contributed by atoms with Gasteiger partial charge in [-0.3, -0.25) is 0 Å². The summed E-state index contributed by atoms with van der Waals surface area (Å²) in [7, 11) is 0. The minimum atomic E-state index is 1.15. The monoisotopic (exact) mass is 736 g/mol.